The first kappa shape index (κ1) is 16.3. The van der Waals surface area contributed by atoms with E-state index in [0.717, 1.165) is 6.20 Å². The smallest absolute Gasteiger partial charge is 0.251 e. The highest BCUT2D eigenvalue weighted by Gasteiger charge is 2.17. The molecule has 0 aliphatic heterocycles. The summed E-state index contributed by atoms with van der Waals surface area (Å²) in [6.45, 7) is 0.173. The van der Waals surface area contributed by atoms with Crippen molar-refractivity contribution in [2.45, 2.75) is 6.54 Å². The highest BCUT2D eigenvalue weighted by Crippen LogP contribution is 2.26. The molecule has 0 saturated carbocycles. The number of nitrogens with zero attached hydrogens (tertiary/aromatic N) is 5. The fourth-order valence-corrected chi connectivity index (χ4v) is 3.01. The molecular weight excluding hydrogens is 360 g/mol. The van der Waals surface area contributed by atoms with Crippen molar-refractivity contribution in [2.75, 3.05) is 0 Å². The van der Waals surface area contributed by atoms with Gasteiger partial charge in [-0.15, -0.1) is 11.3 Å². The van der Waals surface area contributed by atoms with Crippen molar-refractivity contribution in [2.24, 2.45) is 0 Å². The highest BCUT2D eigenvalue weighted by atomic mass is 32.1. The minimum Gasteiger partial charge on any atom is -0.491 e. The van der Waals surface area contributed by atoms with E-state index < -0.39 is 11.7 Å². The van der Waals surface area contributed by atoms with Gasteiger partial charge in [0.05, 0.1) is 29.6 Å². The molecule has 1 aromatic carbocycles. The van der Waals surface area contributed by atoms with Gasteiger partial charge in [0.2, 0.25) is 5.82 Å². The zero-order chi connectivity index (χ0) is 18.1. The molecule has 26 heavy (non-hydrogen) atoms. The van der Waals surface area contributed by atoms with Crippen molar-refractivity contribution < 1.29 is 13.9 Å². The molecule has 0 spiro atoms. The van der Waals surface area contributed by atoms with E-state index in [1.54, 1.807) is 34.5 Å². The number of hydrogen-bond acceptors (Lipinski definition) is 6. The van der Waals surface area contributed by atoms with Gasteiger partial charge in [-0.05, 0) is 12.1 Å². The summed E-state index contributed by atoms with van der Waals surface area (Å²) in [5.41, 5.74) is 3.75. The molecule has 0 saturated heterocycles. The van der Waals surface area contributed by atoms with Gasteiger partial charge in [0, 0.05) is 10.9 Å². The molecule has 0 amide bonds. The SMILES string of the molecule is Oc1nc(-c2cc(-c3cscn3)n(Cc3ccccc3F)n2)ncc1F. The molecule has 0 atom stereocenters. The van der Waals surface area contributed by atoms with E-state index in [0.29, 0.717) is 22.6 Å². The van der Waals surface area contributed by atoms with Gasteiger partial charge in [-0.25, -0.2) is 14.4 Å². The minimum atomic E-state index is -0.917. The molecule has 4 aromatic rings. The van der Waals surface area contributed by atoms with Crippen molar-refractivity contribution in [3.8, 4) is 28.8 Å². The zero-order valence-corrected chi connectivity index (χ0v) is 14.0. The fraction of sp³-hybridized carbons (Fsp3) is 0.0588. The Hall–Kier alpha value is -3.20. The lowest BCUT2D eigenvalue weighted by Crippen LogP contribution is -2.06. The Bertz CT molecular complexity index is 1060. The molecule has 6 nitrogen and oxygen atoms in total. The van der Waals surface area contributed by atoms with Gasteiger partial charge in [-0.1, -0.05) is 18.2 Å². The van der Waals surface area contributed by atoms with Crippen LogP contribution in [0.15, 0.2) is 47.4 Å². The normalized spacial score (nSPS) is 11.0. The largest absolute Gasteiger partial charge is 0.491 e. The quantitative estimate of drug-likeness (QED) is 0.594. The molecule has 0 aliphatic carbocycles. The third-order valence-electron chi connectivity index (χ3n) is 3.71. The van der Waals surface area contributed by atoms with Crippen LogP contribution in [0.3, 0.4) is 0 Å². The van der Waals surface area contributed by atoms with Crippen LogP contribution in [0.4, 0.5) is 8.78 Å². The van der Waals surface area contributed by atoms with Crippen molar-refractivity contribution in [1.29, 1.82) is 0 Å². The number of aromatic nitrogens is 5. The van der Waals surface area contributed by atoms with E-state index in [-0.39, 0.29) is 18.2 Å². The molecule has 9 heteroatoms. The highest BCUT2D eigenvalue weighted by molar-refractivity contribution is 7.07. The molecular formula is C17H11F2N5OS. The molecule has 0 unspecified atom stereocenters. The first-order valence-corrected chi connectivity index (χ1v) is 8.48. The summed E-state index contributed by atoms with van der Waals surface area (Å²) in [6.07, 6.45) is 0.871. The average molecular weight is 371 g/mol. The van der Waals surface area contributed by atoms with Gasteiger partial charge in [0.1, 0.15) is 11.5 Å². The number of benzene rings is 1. The molecule has 3 aromatic heterocycles. The minimum absolute atomic E-state index is 0.0627. The molecule has 3 heterocycles. The van der Waals surface area contributed by atoms with Crippen LogP contribution in [0.2, 0.25) is 0 Å². The van der Waals surface area contributed by atoms with Crippen LogP contribution in [0.25, 0.3) is 22.9 Å². The second-order valence-electron chi connectivity index (χ2n) is 5.40. The lowest BCUT2D eigenvalue weighted by molar-refractivity contribution is 0.409. The van der Waals surface area contributed by atoms with Gasteiger partial charge in [-0.3, -0.25) is 4.68 Å². The first-order chi connectivity index (χ1) is 12.6. The number of hydrogen-bond donors (Lipinski definition) is 1. The van der Waals surface area contributed by atoms with E-state index in [2.05, 4.69) is 20.1 Å². The van der Waals surface area contributed by atoms with E-state index in [9.17, 15) is 13.9 Å². The third-order valence-corrected chi connectivity index (χ3v) is 4.29. The van der Waals surface area contributed by atoms with Crippen LogP contribution in [-0.4, -0.2) is 29.8 Å². The predicted molar refractivity (Wildman–Crippen MR) is 91.5 cm³/mol. The van der Waals surface area contributed by atoms with Gasteiger partial charge >= 0.3 is 0 Å². The molecule has 0 fully saturated rings. The summed E-state index contributed by atoms with van der Waals surface area (Å²) in [5.74, 6) is -1.95. The Labute approximate surface area is 150 Å². The Kier molecular flexibility index (Phi) is 4.13. The molecule has 130 valence electrons. The Morgan fingerprint density at radius 2 is 1.92 bits per heavy atom. The standard InChI is InChI=1S/C17H11F2N5OS/c18-11-4-2-1-3-10(11)7-24-15(14-8-26-9-21-14)5-13(23-24)16-20-6-12(19)17(25)22-16/h1-6,8-9H,7H2,(H,20,22,25). The van der Waals surface area contributed by atoms with Crippen LogP contribution in [0, 0.1) is 11.6 Å². The van der Waals surface area contributed by atoms with Crippen LogP contribution in [0.5, 0.6) is 5.88 Å². The first-order valence-electron chi connectivity index (χ1n) is 7.53. The van der Waals surface area contributed by atoms with Crippen LogP contribution in [0.1, 0.15) is 5.56 Å². The van der Waals surface area contributed by atoms with Crippen LogP contribution < -0.4 is 0 Å². The summed E-state index contributed by atoms with van der Waals surface area (Å²) in [5, 5.41) is 15.7. The van der Waals surface area contributed by atoms with Crippen molar-refractivity contribution in [3.63, 3.8) is 0 Å². The van der Waals surface area contributed by atoms with E-state index in [1.165, 1.54) is 17.4 Å². The maximum atomic E-state index is 14.0. The number of thiazole rings is 1. The van der Waals surface area contributed by atoms with E-state index >= 15 is 0 Å². The zero-order valence-electron chi connectivity index (χ0n) is 13.2. The lowest BCUT2D eigenvalue weighted by atomic mass is 10.2. The van der Waals surface area contributed by atoms with E-state index in [4.69, 9.17) is 0 Å². The maximum absolute atomic E-state index is 14.0. The predicted octanol–water partition coefficient (Wildman–Crippen LogP) is 3.50. The molecule has 1 N–H and O–H groups in total. The van der Waals surface area contributed by atoms with Gasteiger partial charge in [0.15, 0.2) is 5.82 Å². The summed E-state index contributed by atoms with van der Waals surface area (Å²) < 4.78 is 28.8. The topological polar surface area (TPSA) is 76.7 Å². The second-order valence-corrected chi connectivity index (χ2v) is 6.12. The number of aromatic hydroxyl groups is 1. The average Bonchev–Trinajstić information content (AvgIpc) is 3.29. The monoisotopic (exact) mass is 371 g/mol. The van der Waals surface area contributed by atoms with E-state index in [1.807, 2.05) is 5.38 Å². The summed E-state index contributed by atoms with van der Waals surface area (Å²) >= 11 is 1.41. The summed E-state index contributed by atoms with van der Waals surface area (Å²) in [7, 11) is 0. The van der Waals surface area contributed by atoms with Gasteiger partial charge in [0.25, 0.3) is 5.88 Å². The van der Waals surface area contributed by atoms with Crippen LogP contribution >= 0.6 is 11.3 Å². The van der Waals surface area contributed by atoms with Crippen molar-refractivity contribution in [3.05, 3.63) is 64.6 Å². The van der Waals surface area contributed by atoms with Crippen LogP contribution in [-0.2, 0) is 6.54 Å². The summed E-state index contributed by atoms with van der Waals surface area (Å²) in [6, 6.07) is 8.07. The lowest BCUT2D eigenvalue weighted by Gasteiger charge is -2.06. The fourth-order valence-electron chi connectivity index (χ4n) is 2.46. The molecule has 0 radical (unpaired) electrons. The Morgan fingerprint density at radius 3 is 2.65 bits per heavy atom. The van der Waals surface area contributed by atoms with Crippen molar-refractivity contribution >= 4 is 11.3 Å². The van der Waals surface area contributed by atoms with Gasteiger partial charge in [-0.2, -0.15) is 14.5 Å². The molecule has 0 aliphatic rings. The third kappa shape index (κ3) is 3.04. The Morgan fingerprint density at radius 1 is 1.08 bits per heavy atom. The van der Waals surface area contributed by atoms with Crippen molar-refractivity contribution in [1.82, 2.24) is 24.7 Å². The number of halogens is 2. The maximum Gasteiger partial charge on any atom is 0.251 e. The number of rotatable bonds is 4. The van der Waals surface area contributed by atoms with Gasteiger partial charge < -0.3 is 5.11 Å². The summed E-state index contributed by atoms with van der Waals surface area (Å²) in [4.78, 5) is 11.8. The second kappa shape index (κ2) is 6.60. The molecule has 4 rings (SSSR count). The molecule has 0 bridgehead atoms. The Balaban J connectivity index is 1.80.